The zero-order chi connectivity index (χ0) is 13.7. The molecule has 0 saturated carbocycles. The fraction of sp³-hybridized carbons (Fsp3) is 0.333. The minimum Gasteiger partial charge on any atom is -0.370 e. The van der Waals surface area contributed by atoms with Crippen LogP contribution >= 0.6 is 11.6 Å². The molecular formula is C12H16ClN3O2. The van der Waals surface area contributed by atoms with E-state index < -0.39 is 17.9 Å². The molecule has 0 spiro atoms. The highest BCUT2D eigenvalue weighted by molar-refractivity contribution is 6.30. The second-order valence-electron chi connectivity index (χ2n) is 4.06. The number of rotatable bonds is 5. The van der Waals surface area contributed by atoms with Crippen LogP contribution in [0.3, 0.4) is 0 Å². The Balaban J connectivity index is 2.59. The van der Waals surface area contributed by atoms with Gasteiger partial charge in [0.05, 0.1) is 18.5 Å². The molecule has 2 unspecified atom stereocenters. The molecule has 0 saturated heterocycles. The van der Waals surface area contributed by atoms with Crippen molar-refractivity contribution < 1.29 is 9.59 Å². The van der Waals surface area contributed by atoms with E-state index in [-0.39, 0.29) is 12.5 Å². The van der Waals surface area contributed by atoms with Crippen molar-refractivity contribution in [3.05, 3.63) is 34.9 Å². The molecule has 5 N–H and O–H groups in total. The third-order valence-electron chi connectivity index (χ3n) is 2.49. The molecule has 6 heteroatoms. The molecule has 98 valence electrons. The van der Waals surface area contributed by atoms with Gasteiger partial charge in [0.1, 0.15) is 0 Å². The molecule has 0 bridgehead atoms. The summed E-state index contributed by atoms with van der Waals surface area (Å²) in [6.07, 6.45) is -0.167. The summed E-state index contributed by atoms with van der Waals surface area (Å²) < 4.78 is 0. The second kappa shape index (κ2) is 6.37. The molecule has 2 atom stereocenters. The average molecular weight is 270 g/mol. The Bertz CT molecular complexity index is 433. The third-order valence-corrected chi connectivity index (χ3v) is 2.74. The van der Waals surface area contributed by atoms with E-state index in [4.69, 9.17) is 23.1 Å². The van der Waals surface area contributed by atoms with Crippen molar-refractivity contribution in [3.8, 4) is 0 Å². The lowest BCUT2D eigenvalue weighted by atomic mass is 10.1. The molecule has 0 aliphatic heterocycles. The van der Waals surface area contributed by atoms with Gasteiger partial charge in [-0.2, -0.15) is 0 Å². The van der Waals surface area contributed by atoms with Gasteiger partial charge in [-0.25, -0.2) is 0 Å². The average Bonchev–Trinajstić information content (AvgIpc) is 2.28. The summed E-state index contributed by atoms with van der Waals surface area (Å²) in [5.41, 5.74) is 11.4. The highest BCUT2D eigenvalue weighted by Gasteiger charge is 2.18. The number of hydrogen-bond donors (Lipinski definition) is 3. The van der Waals surface area contributed by atoms with E-state index in [0.717, 1.165) is 5.56 Å². The molecule has 2 amide bonds. The highest BCUT2D eigenvalue weighted by Crippen LogP contribution is 2.16. The van der Waals surface area contributed by atoms with E-state index in [1.807, 2.05) is 19.1 Å². The first-order valence-electron chi connectivity index (χ1n) is 5.50. The van der Waals surface area contributed by atoms with Gasteiger partial charge in [0.15, 0.2) is 0 Å². The van der Waals surface area contributed by atoms with Gasteiger partial charge in [-0.15, -0.1) is 0 Å². The van der Waals surface area contributed by atoms with Gasteiger partial charge < -0.3 is 16.8 Å². The van der Waals surface area contributed by atoms with Crippen LogP contribution in [0, 0.1) is 0 Å². The van der Waals surface area contributed by atoms with E-state index in [2.05, 4.69) is 5.32 Å². The van der Waals surface area contributed by atoms with E-state index in [0.29, 0.717) is 5.02 Å². The van der Waals surface area contributed by atoms with Crippen molar-refractivity contribution in [1.82, 2.24) is 5.32 Å². The monoisotopic (exact) mass is 269 g/mol. The SMILES string of the molecule is CC(NC(=O)C(N)CC(N)=O)c1ccc(Cl)cc1. The van der Waals surface area contributed by atoms with Crippen LogP contribution in [0.25, 0.3) is 0 Å². The quantitative estimate of drug-likeness (QED) is 0.734. The van der Waals surface area contributed by atoms with Crippen molar-refractivity contribution in [1.29, 1.82) is 0 Å². The summed E-state index contributed by atoms with van der Waals surface area (Å²) in [5, 5.41) is 3.33. The molecule has 5 nitrogen and oxygen atoms in total. The molecule has 18 heavy (non-hydrogen) atoms. The summed E-state index contributed by atoms with van der Waals surface area (Å²) in [4.78, 5) is 22.3. The summed E-state index contributed by atoms with van der Waals surface area (Å²) in [7, 11) is 0. The number of carbonyl (C=O) groups excluding carboxylic acids is 2. The Kier molecular flexibility index (Phi) is 5.12. The van der Waals surface area contributed by atoms with E-state index in [1.165, 1.54) is 0 Å². The van der Waals surface area contributed by atoms with Crippen LogP contribution in [0.2, 0.25) is 5.02 Å². The summed E-state index contributed by atoms with van der Waals surface area (Å²) >= 11 is 5.77. The first-order chi connectivity index (χ1) is 8.40. The van der Waals surface area contributed by atoms with Crippen LogP contribution in [-0.2, 0) is 9.59 Å². The van der Waals surface area contributed by atoms with E-state index in [9.17, 15) is 9.59 Å². The van der Waals surface area contributed by atoms with Crippen LogP contribution in [0.5, 0.6) is 0 Å². The lowest BCUT2D eigenvalue weighted by Gasteiger charge is -2.17. The van der Waals surface area contributed by atoms with Crippen molar-refractivity contribution >= 4 is 23.4 Å². The lowest BCUT2D eigenvalue weighted by molar-refractivity contribution is -0.126. The third kappa shape index (κ3) is 4.35. The van der Waals surface area contributed by atoms with Crippen molar-refractivity contribution in [2.24, 2.45) is 11.5 Å². The number of nitrogens with one attached hydrogen (secondary N) is 1. The zero-order valence-corrected chi connectivity index (χ0v) is 10.8. The topological polar surface area (TPSA) is 98.2 Å². The van der Waals surface area contributed by atoms with Gasteiger partial charge in [-0.05, 0) is 24.6 Å². The fourth-order valence-corrected chi connectivity index (χ4v) is 1.59. The molecule has 0 aliphatic rings. The Morgan fingerprint density at radius 1 is 1.33 bits per heavy atom. The van der Waals surface area contributed by atoms with Crippen LogP contribution in [0.1, 0.15) is 24.9 Å². The van der Waals surface area contributed by atoms with Crippen LogP contribution in [0.15, 0.2) is 24.3 Å². The maximum absolute atomic E-state index is 11.7. The Morgan fingerprint density at radius 3 is 2.39 bits per heavy atom. The van der Waals surface area contributed by atoms with Crippen LogP contribution in [0.4, 0.5) is 0 Å². The first kappa shape index (κ1) is 14.5. The standard InChI is InChI=1S/C12H16ClN3O2/c1-7(8-2-4-9(13)5-3-8)16-12(18)10(14)6-11(15)17/h2-5,7,10H,6,14H2,1H3,(H2,15,17)(H,16,18). The molecule has 0 aromatic heterocycles. The largest absolute Gasteiger partial charge is 0.370 e. The van der Waals surface area contributed by atoms with Crippen molar-refractivity contribution in [3.63, 3.8) is 0 Å². The summed E-state index contributed by atoms with van der Waals surface area (Å²) in [5.74, 6) is -1.01. The Morgan fingerprint density at radius 2 is 1.89 bits per heavy atom. The first-order valence-corrected chi connectivity index (χ1v) is 5.87. The number of hydrogen-bond acceptors (Lipinski definition) is 3. The normalized spacial score (nSPS) is 13.7. The minimum absolute atomic E-state index is 0.167. The number of amides is 2. The Labute approximate surface area is 110 Å². The lowest BCUT2D eigenvalue weighted by Crippen LogP contribution is -2.43. The number of nitrogens with two attached hydrogens (primary N) is 2. The number of primary amides is 1. The molecule has 0 aliphatic carbocycles. The van der Waals surface area contributed by atoms with E-state index >= 15 is 0 Å². The molecule has 1 rings (SSSR count). The van der Waals surface area contributed by atoms with Gasteiger partial charge in [-0.3, -0.25) is 9.59 Å². The molecule has 1 aromatic rings. The molecule has 0 heterocycles. The maximum Gasteiger partial charge on any atom is 0.237 e. The maximum atomic E-state index is 11.7. The van der Waals surface area contributed by atoms with Gasteiger partial charge in [0.2, 0.25) is 11.8 Å². The van der Waals surface area contributed by atoms with Crippen LogP contribution < -0.4 is 16.8 Å². The second-order valence-corrected chi connectivity index (χ2v) is 4.50. The van der Waals surface area contributed by atoms with Crippen LogP contribution in [-0.4, -0.2) is 17.9 Å². The molecule has 0 fully saturated rings. The highest BCUT2D eigenvalue weighted by atomic mass is 35.5. The van der Waals surface area contributed by atoms with E-state index in [1.54, 1.807) is 12.1 Å². The number of carbonyl (C=O) groups is 2. The number of halogens is 1. The van der Waals surface area contributed by atoms with Gasteiger partial charge >= 0.3 is 0 Å². The summed E-state index contributed by atoms with van der Waals surface area (Å²) in [6.45, 7) is 1.82. The predicted octanol–water partition coefficient (Wildman–Crippen LogP) is 0.720. The number of benzene rings is 1. The van der Waals surface area contributed by atoms with Crippen molar-refractivity contribution in [2.75, 3.05) is 0 Å². The van der Waals surface area contributed by atoms with Gasteiger partial charge in [0, 0.05) is 5.02 Å². The minimum atomic E-state index is -0.919. The zero-order valence-electron chi connectivity index (χ0n) is 10.0. The Hall–Kier alpha value is -1.59. The molecule has 0 radical (unpaired) electrons. The van der Waals surface area contributed by atoms with Crippen molar-refractivity contribution in [2.45, 2.75) is 25.4 Å². The molecular weight excluding hydrogens is 254 g/mol. The summed E-state index contributed by atoms with van der Waals surface area (Å²) in [6, 6.07) is 5.97. The van der Waals surface area contributed by atoms with Gasteiger partial charge in [0.25, 0.3) is 0 Å². The molecule has 1 aromatic carbocycles. The predicted molar refractivity (Wildman–Crippen MR) is 69.8 cm³/mol. The smallest absolute Gasteiger partial charge is 0.237 e. The van der Waals surface area contributed by atoms with Gasteiger partial charge in [-0.1, -0.05) is 23.7 Å². The fourth-order valence-electron chi connectivity index (χ4n) is 1.46.